The zero-order valence-electron chi connectivity index (χ0n) is 19.0. The lowest BCUT2D eigenvalue weighted by Gasteiger charge is -2.20. The van der Waals surface area contributed by atoms with Crippen LogP contribution in [-0.4, -0.2) is 34.1 Å². The lowest BCUT2D eigenvalue weighted by molar-refractivity contribution is -0.114. The van der Waals surface area contributed by atoms with Gasteiger partial charge in [-0.1, -0.05) is 61.7 Å². The number of benzene rings is 2. The van der Waals surface area contributed by atoms with Crippen molar-refractivity contribution in [2.24, 2.45) is 10.1 Å². The zero-order chi connectivity index (χ0) is 24.1. The summed E-state index contributed by atoms with van der Waals surface area (Å²) >= 11 is 7.86. The molecule has 1 N–H and O–H groups in total. The van der Waals surface area contributed by atoms with Gasteiger partial charge < -0.3 is 9.47 Å². The molecule has 0 saturated carbocycles. The predicted molar refractivity (Wildman–Crippen MR) is 138 cm³/mol. The third kappa shape index (κ3) is 5.34. The molecular formula is C25H25ClN4O3S. The fourth-order valence-corrected chi connectivity index (χ4v) is 4.72. The van der Waals surface area contributed by atoms with Gasteiger partial charge in [-0.15, -0.1) is 0 Å². The molecule has 2 aromatic rings. The molecule has 0 radical (unpaired) electrons. The summed E-state index contributed by atoms with van der Waals surface area (Å²) in [4.78, 5) is 16.9. The molecule has 2 aliphatic rings. The summed E-state index contributed by atoms with van der Waals surface area (Å²) in [7, 11) is 1.53. The lowest BCUT2D eigenvalue weighted by Crippen LogP contribution is -2.35. The molecular weight excluding hydrogens is 472 g/mol. The fraction of sp³-hybridized carbons (Fsp3) is 0.280. The number of hydrogen-bond donors (Lipinski definition) is 1. The Morgan fingerprint density at radius 1 is 1.21 bits per heavy atom. The molecule has 0 aromatic heterocycles. The van der Waals surface area contributed by atoms with E-state index < -0.39 is 5.91 Å². The van der Waals surface area contributed by atoms with Gasteiger partial charge in [0.25, 0.3) is 5.91 Å². The van der Waals surface area contributed by atoms with Gasteiger partial charge in [-0.05, 0) is 53.9 Å². The third-order valence-electron chi connectivity index (χ3n) is 5.28. The molecule has 0 saturated heterocycles. The van der Waals surface area contributed by atoms with E-state index in [1.807, 2.05) is 30.3 Å². The van der Waals surface area contributed by atoms with E-state index in [1.54, 1.807) is 18.2 Å². The van der Waals surface area contributed by atoms with Crippen LogP contribution in [0.3, 0.4) is 0 Å². The number of methoxy groups -OCH3 is 1. The van der Waals surface area contributed by atoms with Crippen molar-refractivity contribution in [3.05, 3.63) is 64.2 Å². The van der Waals surface area contributed by atoms with E-state index >= 15 is 0 Å². The van der Waals surface area contributed by atoms with Crippen LogP contribution in [0.4, 0.5) is 0 Å². The molecule has 2 aromatic carbocycles. The van der Waals surface area contributed by atoms with Crippen molar-refractivity contribution in [2.75, 3.05) is 7.11 Å². The van der Waals surface area contributed by atoms with E-state index in [2.05, 4.69) is 17.0 Å². The first-order chi connectivity index (χ1) is 16.5. The highest BCUT2D eigenvalue weighted by molar-refractivity contribution is 8.26. The van der Waals surface area contributed by atoms with Crippen molar-refractivity contribution in [2.45, 2.75) is 39.2 Å². The molecule has 0 atom stereocenters. The van der Waals surface area contributed by atoms with Crippen LogP contribution in [0.15, 0.2) is 58.1 Å². The quantitative estimate of drug-likeness (QED) is 0.333. The fourth-order valence-electron chi connectivity index (χ4n) is 3.52. The normalized spacial score (nSPS) is 16.4. The Bertz CT molecular complexity index is 1190. The summed E-state index contributed by atoms with van der Waals surface area (Å²) in [5.74, 6) is 0.362. The first kappa shape index (κ1) is 24.0. The number of amidine groups is 2. The van der Waals surface area contributed by atoms with Crippen molar-refractivity contribution in [3.63, 3.8) is 0 Å². The van der Waals surface area contributed by atoms with E-state index in [4.69, 9.17) is 26.5 Å². The number of hydrogen-bond acceptors (Lipinski definition) is 6. The number of ether oxygens (including phenoxy) is 2. The van der Waals surface area contributed by atoms with Crippen LogP contribution < -0.4 is 9.47 Å². The molecule has 0 bridgehead atoms. The highest BCUT2D eigenvalue weighted by Crippen LogP contribution is 2.38. The summed E-state index contributed by atoms with van der Waals surface area (Å²) in [5.41, 5.74) is 1.73. The minimum atomic E-state index is -0.478. The second kappa shape index (κ2) is 10.9. The SMILES string of the molecule is CCCCCC1=NN2C(=N)/C(=C/c3cc(Cl)c(OCc4ccccc4)c(OC)c3)C(=O)N=C2S1. The second-order valence-electron chi connectivity index (χ2n) is 7.78. The molecule has 0 spiro atoms. The van der Waals surface area contributed by atoms with Crippen molar-refractivity contribution < 1.29 is 14.3 Å². The van der Waals surface area contributed by atoms with Crippen LogP contribution in [0.1, 0.15) is 43.7 Å². The first-order valence-corrected chi connectivity index (χ1v) is 12.2. The molecule has 176 valence electrons. The number of hydrazone groups is 1. The maximum atomic E-state index is 12.7. The molecule has 9 heteroatoms. The van der Waals surface area contributed by atoms with E-state index in [-0.39, 0.29) is 11.4 Å². The van der Waals surface area contributed by atoms with Crippen molar-refractivity contribution in [1.29, 1.82) is 5.41 Å². The summed E-state index contributed by atoms with van der Waals surface area (Å²) in [6.07, 6.45) is 5.64. The topological polar surface area (TPSA) is 87.3 Å². The van der Waals surface area contributed by atoms with Crippen molar-refractivity contribution in [3.8, 4) is 11.5 Å². The number of nitrogens with one attached hydrogen (secondary N) is 1. The van der Waals surface area contributed by atoms with E-state index in [1.165, 1.54) is 23.9 Å². The van der Waals surface area contributed by atoms with Crippen LogP contribution in [0.25, 0.3) is 6.08 Å². The largest absolute Gasteiger partial charge is 0.493 e. The summed E-state index contributed by atoms with van der Waals surface area (Å²) in [6.45, 7) is 2.48. The average molecular weight is 497 g/mol. The van der Waals surface area contributed by atoms with Gasteiger partial charge in [-0.25, -0.2) is 0 Å². The lowest BCUT2D eigenvalue weighted by atomic mass is 10.1. The Labute approximate surface area is 208 Å². The van der Waals surface area contributed by atoms with Crippen LogP contribution >= 0.6 is 23.4 Å². The highest BCUT2D eigenvalue weighted by atomic mass is 35.5. The highest BCUT2D eigenvalue weighted by Gasteiger charge is 2.35. The Morgan fingerprint density at radius 3 is 2.74 bits per heavy atom. The Hall–Kier alpha value is -3.10. The van der Waals surface area contributed by atoms with Crippen molar-refractivity contribution in [1.82, 2.24) is 5.01 Å². The number of thioether (sulfide) groups is 1. The van der Waals surface area contributed by atoms with Gasteiger partial charge in [0.05, 0.1) is 17.7 Å². The number of nitrogens with zero attached hydrogens (tertiary/aromatic N) is 3. The Kier molecular flexibility index (Phi) is 7.70. The van der Waals surface area contributed by atoms with Gasteiger partial charge in [0.1, 0.15) is 11.7 Å². The minimum Gasteiger partial charge on any atom is -0.493 e. The van der Waals surface area contributed by atoms with Crippen LogP contribution in [0.2, 0.25) is 5.02 Å². The summed E-state index contributed by atoms with van der Waals surface area (Å²) in [6, 6.07) is 13.1. The number of aliphatic imine (C=N–C) groups is 1. The van der Waals surface area contributed by atoms with Gasteiger partial charge in [0.15, 0.2) is 17.3 Å². The molecule has 7 nitrogen and oxygen atoms in total. The number of carbonyl (C=O) groups excluding carboxylic acids is 1. The van der Waals surface area contributed by atoms with Crippen molar-refractivity contribution >= 4 is 51.4 Å². The number of carbonyl (C=O) groups is 1. The standard InChI is InChI=1S/C25H25ClN4O3S/c1-3-4-6-11-21-29-30-23(27)18(24(31)28-25(30)34-21)12-17-13-19(26)22(20(14-17)32-2)33-15-16-9-7-5-8-10-16/h5,7-10,12-14,27H,3-4,6,11,15H2,1-2H3/b18-12-,27-23?. The van der Waals surface area contributed by atoms with Crippen LogP contribution in [-0.2, 0) is 11.4 Å². The van der Waals surface area contributed by atoms with E-state index in [0.717, 1.165) is 36.3 Å². The first-order valence-electron chi connectivity index (χ1n) is 11.0. The van der Waals surface area contributed by atoms with E-state index in [9.17, 15) is 4.79 Å². The van der Waals surface area contributed by atoms with Gasteiger partial charge in [0.2, 0.25) is 5.17 Å². The number of amides is 1. The minimum absolute atomic E-state index is 0.00696. The molecule has 0 fully saturated rings. The summed E-state index contributed by atoms with van der Waals surface area (Å²) in [5, 5.41) is 16.1. The molecule has 34 heavy (non-hydrogen) atoms. The molecule has 0 aliphatic carbocycles. The number of rotatable bonds is 9. The summed E-state index contributed by atoms with van der Waals surface area (Å²) < 4.78 is 11.4. The van der Waals surface area contributed by atoms with Crippen LogP contribution in [0.5, 0.6) is 11.5 Å². The third-order valence-corrected chi connectivity index (χ3v) is 6.53. The Balaban J connectivity index is 1.56. The smallest absolute Gasteiger partial charge is 0.283 e. The van der Waals surface area contributed by atoms with Gasteiger partial charge in [-0.2, -0.15) is 15.1 Å². The maximum absolute atomic E-state index is 12.7. The molecule has 4 rings (SSSR count). The van der Waals surface area contributed by atoms with Crippen LogP contribution in [0, 0.1) is 5.41 Å². The molecule has 2 aliphatic heterocycles. The van der Waals surface area contributed by atoms with Gasteiger partial charge >= 0.3 is 0 Å². The molecule has 1 amide bonds. The average Bonchev–Trinajstić information content (AvgIpc) is 3.24. The van der Waals surface area contributed by atoms with Gasteiger partial charge in [-0.3, -0.25) is 10.2 Å². The van der Waals surface area contributed by atoms with E-state index in [0.29, 0.717) is 33.9 Å². The van der Waals surface area contributed by atoms with Gasteiger partial charge in [0, 0.05) is 0 Å². The monoisotopic (exact) mass is 496 g/mol. The number of unbranched alkanes of at least 4 members (excludes halogenated alkanes) is 2. The Morgan fingerprint density at radius 2 is 2.00 bits per heavy atom. The second-order valence-corrected chi connectivity index (χ2v) is 9.23. The number of halogens is 1. The zero-order valence-corrected chi connectivity index (χ0v) is 20.6. The molecule has 2 heterocycles. The maximum Gasteiger partial charge on any atom is 0.283 e. The molecule has 0 unspecified atom stereocenters. The predicted octanol–water partition coefficient (Wildman–Crippen LogP) is 6.13. The number of fused-ring (bicyclic) bond motifs is 1.